The Balaban J connectivity index is 2.40. The Kier molecular flexibility index (Phi) is 3.11. The molecule has 1 aliphatic heterocycles. The molecular formula is C10H12ClNO3. The van der Waals surface area contributed by atoms with Crippen molar-refractivity contribution in [2.75, 3.05) is 13.4 Å². The number of hydrogen-bond donors (Lipinski definition) is 2. The van der Waals surface area contributed by atoms with Crippen LogP contribution >= 0.6 is 11.6 Å². The summed E-state index contributed by atoms with van der Waals surface area (Å²) < 4.78 is 10.4. The molecule has 0 aromatic heterocycles. The Hall–Kier alpha value is -0.810. The van der Waals surface area contributed by atoms with Gasteiger partial charge in [0.05, 0.1) is 19.3 Å². The maximum atomic E-state index is 8.97. The molecule has 15 heavy (non-hydrogen) atoms. The predicted octanol–water partition coefficient (Wildman–Crippen LogP) is 1.20. The molecule has 0 amide bonds. The van der Waals surface area contributed by atoms with Gasteiger partial charge in [0, 0.05) is 10.6 Å². The number of rotatable bonds is 2. The number of halogens is 1. The first kappa shape index (κ1) is 10.7. The topological polar surface area (TPSA) is 64.7 Å². The molecule has 0 saturated carbocycles. The fourth-order valence-electron chi connectivity index (χ4n) is 1.50. The number of hydrogen-bond acceptors (Lipinski definition) is 4. The molecule has 1 aromatic rings. The molecule has 0 bridgehead atoms. The molecule has 0 fully saturated rings. The Morgan fingerprint density at radius 1 is 1.53 bits per heavy atom. The van der Waals surface area contributed by atoms with Crippen molar-refractivity contribution in [3.8, 4) is 5.75 Å². The number of nitrogens with two attached hydrogens (primary N) is 1. The molecule has 1 heterocycles. The lowest BCUT2D eigenvalue weighted by molar-refractivity contribution is -0.0164. The quantitative estimate of drug-likeness (QED) is 0.800. The standard InChI is InChI=1S/C10H12ClNO3/c11-8-1-6-4-14-5-15-10(6)2-7(8)9(12)3-13/h1-2,9,13H,3-5,12H2. The third-order valence-electron chi connectivity index (χ3n) is 2.33. The zero-order valence-corrected chi connectivity index (χ0v) is 8.83. The van der Waals surface area contributed by atoms with Crippen LogP contribution in [0, 0.1) is 0 Å². The Labute approximate surface area is 92.5 Å². The highest BCUT2D eigenvalue weighted by atomic mass is 35.5. The van der Waals surface area contributed by atoms with Crippen molar-refractivity contribution in [1.82, 2.24) is 0 Å². The van der Waals surface area contributed by atoms with E-state index in [0.717, 1.165) is 11.3 Å². The van der Waals surface area contributed by atoms with Gasteiger partial charge in [-0.25, -0.2) is 0 Å². The van der Waals surface area contributed by atoms with Gasteiger partial charge in [0.2, 0.25) is 0 Å². The minimum Gasteiger partial charge on any atom is -0.467 e. The first-order chi connectivity index (χ1) is 7.22. The highest BCUT2D eigenvalue weighted by Gasteiger charge is 2.17. The first-order valence-electron chi connectivity index (χ1n) is 4.61. The summed E-state index contributed by atoms with van der Waals surface area (Å²) in [5, 5.41) is 9.50. The summed E-state index contributed by atoms with van der Waals surface area (Å²) in [4.78, 5) is 0. The van der Waals surface area contributed by atoms with Crippen molar-refractivity contribution in [2.45, 2.75) is 12.6 Å². The van der Waals surface area contributed by atoms with Crippen molar-refractivity contribution in [3.63, 3.8) is 0 Å². The van der Waals surface area contributed by atoms with Crippen LogP contribution in [0.1, 0.15) is 17.2 Å². The van der Waals surface area contributed by atoms with Crippen molar-refractivity contribution in [2.24, 2.45) is 5.73 Å². The van der Waals surface area contributed by atoms with Crippen LogP contribution in [0.15, 0.2) is 12.1 Å². The summed E-state index contributed by atoms with van der Waals surface area (Å²) in [6, 6.07) is 3.05. The second kappa shape index (κ2) is 4.37. The minimum absolute atomic E-state index is 0.144. The fraction of sp³-hybridized carbons (Fsp3) is 0.400. The zero-order valence-electron chi connectivity index (χ0n) is 8.07. The van der Waals surface area contributed by atoms with Crippen LogP contribution < -0.4 is 10.5 Å². The number of aliphatic hydroxyl groups excluding tert-OH is 1. The van der Waals surface area contributed by atoms with Crippen LogP contribution in [-0.2, 0) is 11.3 Å². The highest BCUT2D eigenvalue weighted by molar-refractivity contribution is 6.31. The van der Waals surface area contributed by atoms with E-state index in [9.17, 15) is 0 Å². The molecule has 3 N–H and O–H groups in total. The van der Waals surface area contributed by atoms with Crippen LogP contribution in [0.2, 0.25) is 5.02 Å². The zero-order chi connectivity index (χ0) is 10.8. The molecular weight excluding hydrogens is 218 g/mol. The van der Waals surface area contributed by atoms with Gasteiger partial charge in [-0.2, -0.15) is 0 Å². The molecule has 0 saturated heterocycles. The van der Waals surface area contributed by atoms with E-state index >= 15 is 0 Å². The van der Waals surface area contributed by atoms with Crippen LogP contribution in [0.3, 0.4) is 0 Å². The van der Waals surface area contributed by atoms with E-state index < -0.39 is 6.04 Å². The molecule has 2 rings (SSSR count). The molecule has 0 aliphatic carbocycles. The van der Waals surface area contributed by atoms with E-state index in [0.29, 0.717) is 17.2 Å². The third kappa shape index (κ3) is 2.08. The number of benzene rings is 1. The molecule has 1 unspecified atom stereocenters. The van der Waals surface area contributed by atoms with Gasteiger partial charge in [-0.3, -0.25) is 0 Å². The Morgan fingerprint density at radius 2 is 2.33 bits per heavy atom. The van der Waals surface area contributed by atoms with Crippen molar-refractivity contribution >= 4 is 11.6 Å². The van der Waals surface area contributed by atoms with Gasteiger partial charge in [-0.05, 0) is 17.7 Å². The normalized spacial score (nSPS) is 16.7. The van der Waals surface area contributed by atoms with Gasteiger partial charge < -0.3 is 20.3 Å². The maximum Gasteiger partial charge on any atom is 0.189 e. The molecule has 1 aromatic carbocycles. The van der Waals surface area contributed by atoms with Gasteiger partial charge in [0.1, 0.15) is 5.75 Å². The van der Waals surface area contributed by atoms with E-state index in [-0.39, 0.29) is 13.4 Å². The van der Waals surface area contributed by atoms with E-state index in [2.05, 4.69) is 0 Å². The van der Waals surface area contributed by atoms with Crippen molar-refractivity contribution < 1.29 is 14.6 Å². The highest BCUT2D eigenvalue weighted by Crippen LogP contribution is 2.32. The summed E-state index contributed by atoms with van der Waals surface area (Å²) >= 11 is 6.03. The number of ether oxygens (including phenoxy) is 2. The average molecular weight is 230 g/mol. The van der Waals surface area contributed by atoms with Crippen LogP contribution in [0.25, 0.3) is 0 Å². The average Bonchev–Trinajstić information content (AvgIpc) is 2.27. The monoisotopic (exact) mass is 229 g/mol. The summed E-state index contributed by atoms with van der Waals surface area (Å²) in [5.41, 5.74) is 7.30. The smallest absolute Gasteiger partial charge is 0.189 e. The second-order valence-corrected chi connectivity index (χ2v) is 3.79. The molecule has 82 valence electrons. The van der Waals surface area contributed by atoms with E-state index in [1.54, 1.807) is 12.1 Å². The van der Waals surface area contributed by atoms with Crippen LogP contribution in [-0.4, -0.2) is 18.5 Å². The van der Waals surface area contributed by atoms with E-state index in [1.165, 1.54) is 0 Å². The van der Waals surface area contributed by atoms with E-state index in [4.69, 9.17) is 31.9 Å². The van der Waals surface area contributed by atoms with Gasteiger partial charge in [-0.15, -0.1) is 0 Å². The van der Waals surface area contributed by atoms with Gasteiger partial charge in [0.15, 0.2) is 6.79 Å². The lowest BCUT2D eigenvalue weighted by Gasteiger charge is -2.20. The van der Waals surface area contributed by atoms with Crippen LogP contribution in [0.4, 0.5) is 0 Å². The second-order valence-electron chi connectivity index (χ2n) is 3.38. The summed E-state index contributed by atoms with van der Waals surface area (Å²) in [5.74, 6) is 0.726. The summed E-state index contributed by atoms with van der Waals surface area (Å²) in [7, 11) is 0. The summed E-state index contributed by atoms with van der Waals surface area (Å²) in [6.45, 7) is 0.584. The largest absolute Gasteiger partial charge is 0.467 e. The van der Waals surface area contributed by atoms with Crippen LogP contribution in [0.5, 0.6) is 5.75 Å². The lowest BCUT2D eigenvalue weighted by Crippen LogP contribution is -2.17. The van der Waals surface area contributed by atoms with E-state index in [1.807, 2.05) is 0 Å². The molecule has 5 heteroatoms. The number of fused-ring (bicyclic) bond motifs is 1. The van der Waals surface area contributed by atoms with Gasteiger partial charge in [0.25, 0.3) is 0 Å². The van der Waals surface area contributed by atoms with Crippen molar-refractivity contribution in [1.29, 1.82) is 0 Å². The molecule has 0 radical (unpaired) electrons. The first-order valence-corrected chi connectivity index (χ1v) is 4.99. The molecule has 4 nitrogen and oxygen atoms in total. The lowest BCUT2D eigenvalue weighted by atomic mass is 10.0. The van der Waals surface area contributed by atoms with Gasteiger partial charge >= 0.3 is 0 Å². The Bertz CT molecular complexity index is 370. The number of aliphatic hydroxyl groups is 1. The molecule has 1 atom stereocenters. The minimum atomic E-state index is -0.478. The van der Waals surface area contributed by atoms with Gasteiger partial charge in [-0.1, -0.05) is 11.6 Å². The molecule has 0 spiro atoms. The maximum absolute atomic E-state index is 8.97. The predicted molar refractivity (Wildman–Crippen MR) is 55.8 cm³/mol. The fourth-order valence-corrected chi connectivity index (χ4v) is 1.82. The Morgan fingerprint density at radius 3 is 3.07 bits per heavy atom. The summed E-state index contributed by atoms with van der Waals surface area (Å²) in [6.07, 6.45) is 0. The third-order valence-corrected chi connectivity index (χ3v) is 2.66. The van der Waals surface area contributed by atoms with Crippen molar-refractivity contribution in [3.05, 3.63) is 28.3 Å². The molecule has 1 aliphatic rings. The SMILES string of the molecule is NC(CO)c1cc2c(cc1Cl)COCO2.